The maximum absolute atomic E-state index is 13.2. The number of carbonyl (C=O) groups is 3. The Kier molecular flexibility index (Phi) is 6.14. The molecule has 1 saturated heterocycles. The minimum absolute atomic E-state index is 0.119. The SMILES string of the molecule is COc1cc([N+](=O)[O-])ccc1-n1c(C)cc(/C=C2\C(=O)NC(=O)N(c3ccc(Cl)cc3)C2=O)c1C. The summed E-state index contributed by atoms with van der Waals surface area (Å²) in [5, 5.41) is 13.8. The van der Waals surface area contributed by atoms with Gasteiger partial charge in [0.05, 0.1) is 29.5 Å². The summed E-state index contributed by atoms with van der Waals surface area (Å²) in [4.78, 5) is 49.6. The number of nitrogens with one attached hydrogen (secondary N) is 1. The quantitative estimate of drug-likeness (QED) is 0.243. The number of aryl methyl sites for hydroxylation is 1. The number of ether oxygens (including phenoxy) is 1. The van der Waals surface area contributed by atoms with Gasteiger partial charge in [-0.2, -0.15) is 0 Å². The number of rotatable bonds is 5. The van der Waals surface area contributed by atoms with Gasteiger partial charge in [-0.15, -0.1) is 0 Å². The van der Waals surface area contributed by atoms with Gasteiger partial charge in [0.1, 0.15) is 11.3 Å². The molecule has 35 heavy (non-hydrogen) atoms. The van der Waals surface area contributed by atoms with Gasteiger partial charge >= 0.3 is 6.03 Å². The van der Waals surface area contributed by atoms with E-state index >= 15 is 0 Å². The highest BCUT2D eigenvalue weighted by molar-refractivity contribution is 6.39. The first-order valence-corrected chi connectivity index (χ1v) is 10.7. The molecule has 1 fully saturated rings. The zero-order chi connectivity index (χ0) is 25.4. The lowest BCUT2D eigenvalue weighted by molar-refractivity contribution is -0.384. The number of nitrogens with zero attached hydrogens (tertiary/aromatic N) is 3. The average molecular weight is 495 g/mol. The molecule has 2 heterocycles. The first kappa shape index (κ1) is 23.7. The Morgan fingerprint density at radius 3 is 2.37 bits per heavy atom. The normalized spacial score (nSPS) is 14.9. The molecule has 0 atom stereocenters. The van der Waals surface area contributed by atoms with Crippen LogP contribution in [0.2, 0.25) is 5.02 Å². The molecule has 4 rings (SSSR count). The molecular formula is C24H19ClN4O6. The van der Waals surface area contributed by atoms with Gasteiger partial charge < -0.3 is 9.30 Å². The summed E-state index contributed by atoms with van der Waals surface area (Å²) in [5.74, 6) is -1.31. The molecule has 0 aliphatic carbocycles. The fraction of sp³-hybridized carbons (Fsp3) is 0.125. The third-order valence-electron chi connectivity index (χ3n) is 5.57. The minimum atomic E-state index is -0.861. The second kappa shape index (κ2) is 9.07. The number of halogens is 1. The molecule has 3 aromatic rings. The van der Waals surface area contributed by atoms with E-state index < -0.39 is 22.8 Å². The van der Waals surface area contributed by atoms with Crippen molar-refractivity contribution in [2.45, 2.75) is 13.8 Å². The first-order chi connectivity index (χ1) is 16.6. The van der Waals surface area contributed by atoms with Crippen LogP contribution in [0.1, 0.15) is 17.0 Å². The summed E-state index contributed by atoms with van der Waals surface area (Å²) in [5.41, 5.74) is 2.40. The van der Waals surface area contributed by atoms with Crippen LogP contribution in [-0.4, -0.2) is 34.4 Å². The van der Waals surface area contributed by atoms with Gasteiger partial charge in [-0.25, -0.2) is 9.69 Å². The molecule has 2 aromatic carbocycles. The van der Waals surface area contributed by atoms with Gasteiger partial charge in [0.25, 0.3) is 17.5 Å². The molecule has 178 valence electrons. The van der Waals surface area contributed by atoms with E-state index in [9.17, 15) is 24.5 Å². The number of hydrogen-bond donors (Lipinski definition) is 1. The van der Waals surface area contributed by atoms with Crippen molar-refractivity contribution in [1.82, 2.24) is 9.88 Å². The van der Waals surface area contributed by atoms with Crippen LogP contribution in [0.4, 0.5) is 16.2 Å². The number of anilines is 1. The van der Waals surface area contributed by atoms with Crippen LogP contribution in [-0.2, 0) is 9.59 Å². The highest BCUT2D eigenvalue weighted by atomic mass is 35.5. The van der Waals surface area contributed by atoms with Gasteiger partial charge in [0.15, 0.2) is 0 Å². The van der Waals surface area contributed by atoms with Crippen LogP contribution in [0.15, 0.2) is 54.1 Å². The molecule has 0 radical (unpaired) electrons. The number of non-ortho nitro benzene ring substituents is 1. The molecule has 1 aliphatic heterocycles. The lowest BCUT2D eigenvalue weighted by atomic mass is 10.1. The number of methoxy groups -OCH3 is 1. The molecule has 1 aromatic heterocycles. The maximum atomic E-state index is 13.2. The second-order valence-corrected chi connectivity index (χ2v) is 8.15. The summed E-state index contributed by atoms with van der Waals surface area (Å²) in [6.07, 6.45) is 1.41. The zero-order valence-electron chi connectivity index (χ0n) is 18.9. The predicted octanol–water partition coefficient (Wildman–Crippen LogP) is 4.33. The Hall–Kier alpha value is -4.44. The summed E-state index contributed by atoms with van der Waals surface area (Å²) in [6.45, 7) is 3.58. The molecule has 11 heteroatoms. The van der Waals surface area contributed by atoms with Crippen LogP contribution in [0.5, 0.6) is 5.75 Å². The van der Waals surface area contributed by atoms with E-state index in [-0.39, 0.29) is 22.7 Å². The number of hydrogen-bond acceptors (Lipinski definition) is 6. The fourth-order valence-corrected chi connectivity index (χ4v) is 4.03. The van der Waals surface area contributed by atoms with Crippen molar-refractivity contribution in [2.24, 2.45) is 0 Å². The Morgan fingerprint density at radius 1 is 1.06 bits per heavy atom. The maximum Gasteiger partial charge on any atom is 0.335 e. The lowest BCUT2D eigenvalue weighted by Crippen LogP contribution is -2.54. The van der Waals surface area contributed by atoms with Crippen molar-refractivity contribution >= 4 is 46.9 Å². The van der Waals surface area contributed by atoms with Gasteiger partial charge in [-0.1, -0.05) is 11.6 Å². The smallest absolute Gasteiger partial charge is 0.335 e. The largest absolute Gasteiger partial charge is 0.494 e. The van der Waals surface area contributed by atoms with E-state index in [0.29, 0.717) is 22.0 Å². The molecule has 10 nitrogen and oxygen atoms in total. The van der Waals surface area contributed by atoms with E-state index in [2.05, 4.69) is 5.32 Å². The highest BCUT2D eigenvalue weighted by Crippen LogP contribution is 2.32. The van der Waals surface area contributed by atoms with E-state index in [1.165, 1.54) is 49.6 Å². The van der Waals surface area contributed by atoms with Crippen molar-refractivity contribution < 1.29 is 24.0 Å². The van der Waals surface area contributed by atoms with E-state index in [1.54, 1.807) is 23.6 Å². The number of amides is 4. The van der Waals surface area contributed by atoms with Crippen LogP contribution < -0.4 is 15.0 Å². The molecule has 0 spiro atoms. The van der Waals surface area contributed by atoms with Crippen LogP contribution in [0.25, 0.3) is 11.8 Å². The molecule has 0 unspecified atom stereocenters. The van der Waals surface area contributed by atoms with Crippen LogP contribution in [0.3, 0.4) is 0 Å². The fourth-order valence-electron chi connectivity index (χ4n) is 3.91. The molecule has 4 amide bonds. The standard InChI is InChI=1S/C24H19ClN4O6/c1-13-10-15(14(2)27(13)20-9-8-18(29(33)34)12-21(20)35-3)11-19-22(30)26-24(32)28(23(19)31)17-6-4-16(25)5-7-17/h4-12H,1-3H3,(H,26,30,32)/b19-11+. The highest BCUT2D eigenvalue weighted by Gasteiger charge is 2.37. The third-order valence-corrected chi connectivity index (χ3v) is 5.82. The molecule has 1 N–H and O–H groups in total. The summed E-state index contributed by atoms with van der Waals surface area (Å²) in [6, 6.07) is 11.2. The van der Waals surface area contributed by atoms with Gasteiger partial charge in [0, 0.05) is 22.5 Å². The first-order valence-electron chi connectivity index (χ1n) is 10.3. The molecule has 1 aliphatic rings. The second-order valence-electron chi connectivity index (χ2n) is 7.71. The summed E-state index contributed by atoms with van der Waals surface area (Å²) >= 11 is 5.90. The number of barbiturate groups is 1. The van der Waals surface area contributed by atoms with Crippen LogP contribution in [0, 0.1) is 24.0 Å². The Morgan fingerprint density at radius 2 is 1.74 bits per heavy atom. The number of nitro benzene ring substituents is 1. The van der Waals surface area contributed by atoms with Crippen molar-refractivity contribution in [3.63, 3.8) is 0 Å². The monoisotopic (exact) mass is 494 g/mol. The lowest BCUT2D eigenvalue weighted by Gasteiger charge is -2.26. The molecular weight excluding hydrogens is 476 g/mol. The van der Waals surface area contributed by atoms with Crippen LogP contribution >= 0.6 is 11.6 Å². The van der Waals surface area contributed by atoms with Gasteiger partial charge in [0.2, 0.25) is 0 Å². The van der Waals surface area contributed by atoms with Crippen molar-refractivity contribution in [3.05, 3.63) is 86.2 Å². The Balaban J connectivity index is 1.78. The Labute approximate surface area is 204 Å². The van der Waals surface area contributed by atoms with E-state index in [4.69, 9.17) is 16.3 Å². The van der Waals surface area contributed by atoms with Crippen molar-refractivity contribution in [2.75, 3.05) is 12.0 Å². The zero-order valence-corrected chi connectivity index (χ0v) is 19.6. The predicted molar refractivity (Wildman–Crippen MR) is 129 cm³/mol. The van der Waals surface area contributed by atoms with Gasteiger partial charge in [-0.05, 0) is 61.9 Å². The number of benzene rings is 2. The number of nitro groups is 1. The minimum Gasteiger partial charge on any atom is -0.494 e. The molecule has 0 saturated carbocycles. The number of imide groups is 2. The topological polar surface area (TPSA) is 124 Å². The summed E-state index contributed by atoms with van der Waals surface area (Å²) in [7, 11) is 1.41. The van der Waals surface area contributed by atoms with Gasteiger partial charge in [-0.3, -0.25) is 25.0 Å². The van der Waals surface area contributed by atoms with Crippen molar-refractivity contribution in [3.8, 4) is 11.4 Å². The van der Waals surface area contributed by atoms with E-state index in [1.807, 2.05) is 6.92 Å². The third kappa shape index (κ3) is 4.26. The van der Waals surface area contributed by atoms with Crippen molar-refractivity contribution in [1.29, 1.82) is 0 Å². The molecule has 0 bridgehead atoms. The van der Waals surface area contributed by atoms with E-state index in [0.717, 1.165) is 10.6 Å². The number of aromatic nitrogens is 1. The number of urea groups is 1. The summed E-state index contributed by atoms with van der Waals surface area (Å²) < 4.78 is 7.16. The number of carbonyl (C=O) groups excluding carboxylic acids is 3. The average Bonchev–Trinajstić information content (AvgIpc) is 3.09. The Bertz CT molecular complexity index is 1420.